The number of hydrogen-bond donors (Lipinski definition) is 1. The summed E-state index contributed by atoms with van der Waals surface area (Å²) < 4.78 is 0. The van der Waals surface area contributed by atoms with Crippen LogP contribution in [0.15, 0.2) is 0 Å². The summed E-state index contributed by atoms with van der Waals surface area (Å²) in [6, 6.07) is 0.225. The highest BCUT2D eigenvalue weighted by Gasteiger charge is 2.36. The largest absolute Gasteiger partial charge is 0.481 e. The topological polar surface area (TPSA) is 57.6 Å². The Labute approximate surface area is 95.6 Å². The maximum Gasteiger partial charge on any atom is 0.308 e. The monoisotopic (exact) mass is 225 g/mol. The number of carboxylic acid groups (broad SMARTS) is 1. The zero-order valence-electron chi connectivity index (χ0n) is 9.69. The summed E-state index contributed by atoms with van der Waals surface area (Å²) in [6.07, 6.45) is 4.51. The number of nitrogens with zero attached hydrogens (tertiary/aromatic N) is 1. The van der Waals surface area contributed by atoms with Crippen LogP contribution < -0.4 is 0 Å². The minimum absolute atomic E-state index is 0.136. The van der Waals surface area contributed by atoms with Gasteiger partial charge in [0, 0.05) is 19.0 Å². The quantitative estimate of drug-likeness (QED) is 0.791. The van der Waals surface area contributed by atoms with Crippen LogP contribution in [0.2, 0.25) is 0 Å². The van der Waals surface area contributed by atoms with Crippen LogP contribution in [0.1, 0.15) is 39.0 Å². The zero-order chi connectivity index (χ0) is 11.7. The Hall–Kier alpha value is -1.06. The molecule has 1 aliphatic heterocycles. The number of piperidine rings is 1. The molecule has 0 radical (unpaired) electrons. The molecule has 1 saturated heterocycles. The first-order chi connectivity index (χ1) is 7.59. The smallest absolute Gasteiger partial charge is 0.308 e. The first-order valence-electron chi connectivity index (χ1n) is 6.12. The predicted molar refractivity (Wildman–Crippen MR) is 58.9 cm³/mol. The molecule has 1 aliphatic carbocycles. The summed E-state index contributed by atoms with van der Waals surface area (Å²) in [4.78, 5) is 24.5. The minimum atomic E-state index is -0.765. The molecule has 1 N–H and O–H groups in total. The number of aliphatic carboxylic acids is 1. The second-order valence-electron chi connectivity index (χ2n) is 5.05. The summed E-state index contributed by atoms with van der Waals surface area (Å²) in [7, 11) is 0. The van der Waals surface area contributed by atoms with Gasteiger partial charge in [-0.25, -0.2) is 0 Å². The third-order valence-corrected chi connectivity index (χ3v) is 4.12. The van der Waals surface area contributed by atoms with Gasteiger partial charge in [0.2, 0.25) is 5.91 Å². The predicted octanol–water partition coefficient (Wildman–Crippen LogP) is 1.50. The third-order valence-electron chi connectivity index (χ3n) is 4.12. The fraction of sp³-hybridized carbons (Fsp3) is 0.833. The molecule has 1 amide bonds. The van der Waals surface area contributed by atoms with E-state index in [1.54, 1.807) is 4.90 Å². The van der Waals surface area contributed by atoms with Crippen molar-refractivity contribution < 1.29 is 14.7 Å². The van der Waals surface area contributed by atoms with Crippen molar-refractivity contribution in [3.63, 3.8) is 0 Å². The maximum absolute atomic E-state index is 11.8. The number of hydrogen-bond acceptors (Lipinski definition) is 2. The van der Waals surface area contributed by atoms with E-state index in [4.69, 9.17) is 5.11 Å². The molecular weight excluding hydrogens is 206 g/mol. The van der Waals surface area contributed by atoms with Crippen LogP contribution in [-0.2, 0) is 9.59 Å². The molecular formula is C12H19NO3. The summed E-state index contributed by atoms with van der Waals surface area (Å²) in [5.41, 5.74) is 0. The third kappa shape index (κ3) is 2.06. The van der Waals surface area contributed by atoms with Crippen molar-refractivity contribution in [1.29, 1.82) is 0 Å². The molecule has 0 bridgehead atoms. The van der Waals surface area contributed by atoms with Gasteiger partial charge in [-0.1, -0.05) is 6.42 Å². The van der Waals surface area contributed by atoms with E-state index < -0.39 is 5.97 Å². The molecule has 4 nitrogen and oxygen atoms in total. The lowest BCUT2D eigenvalue weighted by atomic mass is 9.79. The van der Waals surface area contributed by atoms with E-state index in [-0.39, 0.29) is 17.9 Å². The van der Waals surface area contributed by atoms with E-state index >= 15 is 0 Å². The fourth-order valence-electron chi connectivity index (χ4n) is 2.64. The first-order valence-corrected chi connectivity index (χ1v) is 6.12. The van der Waals surface area contributed by atoms with Gasteiger partial charge in [-0.05, 0) is 32.1 Å². The highest BCUT2D eigenvalue weighted by atomic mass is 16.4. The Kier molecular flexibility index (Phi) is 3.17. The van der Waals surface area contributed by atoms with Gasteiger partial charge >= 0.3 is 5.97 Å². The summed E-state index contributed by atoms with van der Waals surface area (Å²) in [5, 5.41) is 9.00. The van der Waals surface area contributed by atoms with Gasteiger partial charge in [-0.15, -0.1) is 0 Å². The molecule has 0 aromatic heterocycles. The highest BCUT2D eigenvalue weighted by molar-refractivity contribution is 5.80. The zero-order valence-corrected chi connectivity index (χ0v) is 9.69. The molecule has 0 aromatic carbocycles. The molecule has 2 unspecified atom stereocenters. The van der Waals surface area contributed by atoms with E-state index in [0.717, 1.165) is 0 Å². The van der Waals surface area contributed by atoms with Crippen molar-refractivity contribution in [2.75, 3.05) is 6.54 Å². The molecule has 90 valence electrons. The highest BCUT2D eigenvalue weighted by Crippen LogP contribution is 2.34. The Morgan fingerprint density at radius 1 is 1.44 bits per heavy atom. The lowest BCUT2D eigenvalue weighted by Gasteiger charge is -2.42. The van der Waals surface area contributed by atoms with Crippen molar-refractivity contribution in [3.8, 4) is 0 Å². The standard InChI is InChI=1S/C12H19NO3/c1-8(9-3-2-4-9)13-7-10(12(15)16)5-6-11(13)14/h8-10H,2-7H2,1H3,(H,15,16). The van der Waals surface area contributed by atoms with Crippen molar-refractivity contribution in [2.45, 2.75) is 45.1 Å². The van der Waals surface area contributed by atoms with Crippen LogP contribution in [0.3, 0.4) is 0 Å². The maximum atomic E-state index is 11.8. The van der Waals surface area contributed by atoms with Gasteiger partial charge in [0.15, 0.2) is 0 Å². The van der Waals surface area contributed by atoms with Crippen LogP contribution in [0.5, 0.6) is 0 Å². The Balaban J connectivity index is 1.99. The average Bonchev–Trinajstić information content (AvgIpc) is 2.15. The van der Waals surface area contributed by atoms with E-state index in [9.17, 15) is 9.59 Å². The Bertz CT molecular complexity index is 299. The molecule has 0 spiro atoms. The average molecular weight is 225 g/mol. The summed E-state index contributed by atoms with van der Waals surface area (Å²) in [6.45, 7) is 2.47. The molecule has 2 rings (SSSR count). The van der Waals surface area contributed by atoms with Gasteiger partial charge in [0.1, 0.15) is 0 Å². The number of rotatable bonds is 3. The van der Waals surface area contributed by atoms with Crippen molar-refractivity contribution in [2.24, 2.45) is 11.8 Å². The summed E-state index contributed by atoms with van der Waals surface area (Å²) >= 11 is 0. The number of carbonyl (C=O) groups excluding carboxylic acids is 1. The van der Waals surface area contributed by atoms with Crippen LogP contribution >= 0.6 is 0 Å². The molecule has 2 fully saturated rings. The van der Waals surface area contributed by atoms with E-state index in [0.29, 0.717) is 25.3 Å². The Morgan fingerprint density at radius 2 is 2.12 bits per heavy atom. The van der Waals surface area contributed by atoms with Crippen molar-refractivity contribution >= 4 is 11.9 Å². The van der Waals surface area contributed by atoms with E-state index in [2.05, 4.69) is 6.92 Å². The number of likely N-dealkylation sites (tertiary alicyclic amines) is 1. The number of carbonyl (C=O) groups is 2. The Morgan fingerprint density at radius 3 is 2.62 bits per heavy atom. The SMILES string of the molecule is CC(C1CCC1)N1CC(C(=O)O)CCC1=O. The van der Waals surface area contributed by atoms with Crippen molar-refractivity contribution in [1.82, 2.24) is 4.90 Å². The van der Waals surface area contributed by atoms with Crippen molar-refractivity contribution in [3.05, 3.63) is 0 Å². The molecule has 1 saturated carbocycles. The van der Waals surface area contributed by atoms with Gasteiger partial charge in [-0.2, -0.15) is 0 Å². The number of carboxylic acids is 1. The molecule has 2 atom stereocenters. The fourth-order valence-corrected chi connectivity index (χ4v) is 2.64. The minimum Gasteiger partial charge on any atom is -0.481 e. The van der Waals surface area contributed by atoms with Gasteiger partial charge in [0.05, 0.1) is 5.92 Å². The molecule has 0 aromatic rings. The second-order valence-corrected chi connectivity index (χ2v) is 5.05. The van der Waals surface area contributed by atoms with E-state index in [1.807, 2.05) is 0 Å². The lowest BCUT2D eigenvalue weighted by molar-refractivity contribution is -0.149. The van der Waals surface area contributed by atoms with Gasteiger partial charge in [0.25, 0.3) is 0 Å². The first kappa shape index (κ1) is 11.4. The van der Waals surface area contributed by atoms with Gasteiger partial charge < -0.3 is 10.0 Å². The molecule has 16 heavy (non-hydrogen) atoms. The van der Waals surface area contributed by atoms with Crippen LogP contribution in [0.4, 0.5) is 0 Å². The molecule has 2 aliphatic rings. The van der Waals surface area contributed by atoms with Crippen LogP contribution in [-0.4, -0.2) is 34.5 Å². The van der Waals surface area contributed by atoms with Gasteiger partial charge in [-0.3, -0.25) is 9.59 Å². The lowest BCUT2D eigenvalue weighted by Crippen LogP contribution is -2.50. The molecule has 4 heteroatoms. The normalized spacial score (nSPS) is 28.7. The second kappa shape index (κ2) is 4.44. The van der Waals surface area contributed by atoms with Crippen LogP contribution in [0.25, 0.3) is 0 Å². The number of amides is 1. The molecule has 1 heterocycles. The van der Waals surface area contributed by atoms with E-state index in [1.165, 1.54) is 19.3 Å². The summed E-state index contributed by atoms with van der Waals surface area (Å²) in [5.74, 6) is -0.396. The van der Waals surface area contributed by atoms with Crippen LogP contribution in [0, 0.1) is 11.8 Å².